The van der Waals surface area contributed by atoms with E-state index in [1.807, 2.05) is 0 Å². The molecule has 1 N–H and O–H groups in total. The smallest absolute Gasteiger partial charge is 0.252 e. The van der Waals surface area contributed by atoms with Gasteiger partial charge in [-0.15, -0.1) is 0 Å². The van der Waals surface area contributed by atoms with Gasteiger partial charge in [0.2, 0.25) is 0 Å². The van der Waals surface area contributed by atoms with E-state index in [2.05, 4.69) is 40.0 Å². The first-order valence-corrected chi connectivity index (χ1v) is 9.41. The molecule has 1 aliphatic rings. The number of benzene rings is 1. The van der Waals surface area contributed by atoms with Crippen molar-refractivity contribution in [3.8, 4) is 0 Å². The summed E-state index contributed by atoms with van der Waals surface area (Å²) < 4.78 is 19.5. The number of nitrogens with one attached hydrogen (secondary N) is 1. The Morgan fingerprint density at radius 3 is 2.62 bits per heavy atom. The lowest BCUT2D eigenvalue weighted by Crippen LogP contribution is -2.52. The normalized spacial score (nSPS) is 17.0. The largest absolute Gasteiger partial charge is 0.379 e. The van der Waals surface area contributed by atoms with E-state index in [0.717, 1.165) is 39.1 Å². The highest BCUT2D eigenvalue weighted by atomic mass is 79.9. The Morgan fingerprint density at radius 2 is 2.00 bits per heavy atom. The zero-order valence-electron chi connectivity index (χ0n) is 14.4. The lowest BCUT2D eigenvalue weighted by molar-refractivity contribution is 0.00191. The highest BCUT2D eigenvalue weighted by molar-refractivity contribution is 9.10. The van der Waals surface area contributed by atoms with Crippen LogP contribution in [0.15, 0.2) is 22.7 Å². The van der Waals surface area contributed by atoms with E-state index >= 15 is 0 Å². The highest BCUT2D eigenvalue weighted by Gasteiger charge is 2.27. The van der Waals surface area contributed by atoms with Crippen LogP contribution in [0.25, 0.3) is 0 Å². The minimum Gasteiger partial charge on any atom is -0.379 e. The van der Waals surface area contributed by atoms with Crippen molar-refractivity contribution in [1.29, 1.82) is 0 Å². The van der Waals surface area contributed by atoms with Crippen LogP contribution in [0.3, 0.4) is 0 Å². The average molecular weight is 401 g/mol. The van der Waals surface area contributed by atoms with Gasteiger partial charge in [0.05, 0.1) is 18.8 Å². The number of carbonyl (C=O) groups excluding carboxylic acids is 1. The van der Waals surface area contributed by atoms with Crippen LogP contribution in [0.4, 0.5) is 4.39 Å². The van der Waals surface area contributed by atoms with Crippen molar-refractivity contribution in [3.63, 3.8) is 0 Å². The quantitative estimate of drug-likeness (QED) is 0.761. The lowest BCUT2D eigenvalue weighted by Gasteiger charge is -2.38. The van der Waals surface area contributed by atoms with Gasteiger partial charge in [-0.2, -0.15) is 0 Å². The summed E-state index contributed by atoms with van der Waals surface area (Å²) in [5.74, 6) is -0.141. The number of hydrogen-bond acceptors (Lipinski definition) is 3. The molecule has 1 unspecified atom stereocenters. The van der Waals surface area contributed by atoms with Crippen LogP contribution in [0.2, 0.25) is 0 Å². The molecule has 1 aromatic rings. The van der Waals surface area contributed by atoms with Crippen LogP contribution < -0.4 is 5.32 Å². The molecule has 1 saturated heterocycles. The molecule has 1 fully saturated rings. The van der Waals surface area contributed by atoms with Crippen LogP contribution in [0.5, 0.6) is 0 Å². The van der Waals surface area contributed by atoms with Gasteiger partial charge in [-0.3, -0.25) is 9.69 Å². The van der Waals surface area contributed by atoms with E-state index in [9.17, 15) is 9.18 Å². The third kappa shape index (κ3) is 5.01. The summed E-state index contributed by atoms with van der Waals surface area (Å²) >= 11 is 3.32. The minimum absolute atomic E-state index is 0.245. The maximum atomic E-state index is 13.4. The Balaban J connectivity index is 2.05. The zero-order valence-corrected chi connectivity index (χ0v) is 15.9. The predicted octanol–water partition coefficient (Wildman–Crippen LogP) is 3.46. The second-order valence-corrected chi connectivity index (χ2v) is 6.98. The van der Waals surface area contributed by atoms with E-state index in [0.29, 0.717) is 22.5 Å². The molecule has 0 saturated carbocycles. The molecular weight excluding hydrogens is 375 g/mol. The van der Waals surface area contributed by atoms with Crippen LogP contribution in [0.1, 0.15) is 37.0 Å². The van der Waals surface area contributed by atoms with Gasteiger partial charge in [-0.25, -0.2) is 4.39 Å². The van der Waals surface area contributed by atoms with Crippen LogP contribution in [-0.2, 0) is 4.74 Å². The van der Waals surface area contributed by atoms with E-state index in [1.165, 1.54) is 12.1 Å². The van der Waals surface area contributed by atoms with Crippen molar-refractivity contribution in [3.05, 3.63) is 34.1 Å². The second-order valence-electron chi connectivity index (χ2n) is 6.13. The summed E-state index contributed by atoms with van der Waals surface area (Å²) in [5.41, 5.74) is 0.334. The van der Waals surface area contributed by atoms with Gasteiger partial charge in [-0.05, 0) is 40.0 Å². The Hall–Kier alpha value is -0.980. The molecule has 1 amide bonds. The van der Waals surface area contributed by atoms with Crippen molar-refractivity contribution in [2.75, 3.05) is 32.8 Å². The Morgan fingerprint density at radius 1 is 1.33 bits per heavy atom. The van der Waals surface area contributed by atoms with Gasteiger partial charge in [0.25, 0.3) is 5.91 Å². The fourth-order valence-electron chi connectivity index (χ4n) is 3.30. The SMILES string of the molecule is CCC(CC)C(CNC(=O)c1cc(F)ccc1Br)N1CCOCC1. The van der Waals surface area contributed by atoms with Crippen molar-refractivity contribution in [2.24, 2.45) is 5.92 Å². The maximum Gasteiger partial charge on any atom is 0.252 e. The third-order valence-electron chi connectivity index (χ3n) is 4.75. The molecule has 0 aromatic heterocycles. The molecule has 0 bridgehead atoms. The number of ether oxygens (including phenoxy) is 1. The number of halogens is 2. The fourth-order valence-corrected chi connectivity index (χ4v) is 3.73. The summed E-state index contributed by atoms with van der Waals surface area (Å²) in [5, 5.41) is 3.00. The number of rotatable bonds is 7. The predicted molar refractivity (Wildman–Crippen MR) is 96.7 cm³/mol. The van der Waals surface area contributed by atoms with Crippen molar-refractivity contribution >= 4 is 21.8 Å². The van der Waals surface area contributed by atoms with Gasteiger partial charge in [0, 0.05) is 30.1 Å². The third-order valence-corrected chi connectivity index (χ3v) is 5.44. The molecular formula is C18H26BrFN2O2. The Bertz CT molecular complexity index is 546. The highest BCUT2D eigenvalue weighted by Crippen LogP contribution is 2.21. The molecule has 2 rings (SSSR count). The second kappa shape index (κ2) is 9.49. The summed E-state index contributed by atoms with van der Waals surface area (Å²) in [6.45, 7) is 8.19. The Labute approximate surface area is 151 Å². The monoisotopic (exact) mass is 400 g/mol. The molecule has 0 spiro atoms. The molecule has 4 nitrogen and oxygen atoms in total. The molecule has 1 heterocycles. The molecule has 1 aromatic carbocycles. The summed E-state index contributed by atoms with van der Waals surface area (Å²) in [6, 6.07) is 4.44. The van der Waals surface area contributed by atoms with Crippen LogP contribution >= 0.6 is 15.9 Å². The number of hydrogen-bond donors (Lipinski definition) is 1. The van der Waals surface area contributed by atoms with E-state index in [-0.39, 0.29) is 11.9 Å². The molecule has 0 aliphatic carbocycles. The fraction of sp³-hybridized carbons (Fsp3) is 0.611. The average Bonchev–Trinajstić information content (AvgIpc) is 2.61. The van der Waals surface area contributed by atoms with E-state index < -0.39 is 5.82 Å². The van der Waals surface area contributed by atoms with Gasteiger partial charge in [0.1, 0.15) is 5.82 Å². The first-order valence-electron chi connectivity index (χ1n) is 8.61. The Kier molecular flexibility index (Phi) is 7.65. The first kappa shape index (κ1) is 19.3. The molecule has 0 radical (unpaired) electrons. The van der Waals surface area contributed by atoms with Crippen molar-refractivity contribution in [1.82, 2.24) is 10.2 Å². The number of morpholine rings is 1. The number of amides is 1. The molecule has 1 atom stereocenters. The standard InChI is InChI=1S/C18H26BrFN2O2/c1-3-13(4-2)17(22-7-9-24-10-8-22)12-21-18(23)15-11-14(20)5-6-16(15)19/h5-6,11,13,17H,3-4,7-10,12H2,1-2H3,(H,21,23). The van der Waals surface area contributed by atoms with Gasteiger partial charge in [-0.1, -0.05) is 26.7 Å². The van der Waals surface area contributed by atoms with Crippen molar-refractivity contribution in [2.45, 2.75) is 32.7 Å². The molecule has 134 valence electrons. The van der Waals surface area contributed by atoms with Gasteiger partial charge in [0.15, 0.2) is 0 Å². The number of carbonyl (C=O) groups is 1. The lowest BCUT2D eigenvalue weighted by atomic mass is 9.92. The van der Waals surface area contributed by atoms with Gasteiger partial charge < -0.3 is 10.1 Å². The maximum absolute atomic E-state index is 13.4. The first-order chi connectivity index (χ1) is 11.6. The van der Waals surface area contributed by atoms with Gasteiger partial charge >= 0.3 is 0 Å². The van der Waals surface area contributed by atoms with E-state index in [1.54, 1.807) is 6.07 Å². The molecule has 24 heavy (non-hydrogen) atoms. The van der Waals surface area contributed by atoms with Crippen LogP contribution in [0, 0.1) is 11.7 Å². The molecule has 6 heteroatoms. The van der Waals surface area contributed by atoms with E-state index in [4.69, 9.17) is 4.74 Å². The molecule has 1 aliphatic heterocycles. The summed E-state index contributed by atoms with van der Waals surface area (Å²) in [4.78, 5) is 14.9. The zero-order chi connectivity index (χ0) is 17.5. The summed E-state index contributed by atoms with van der Waals surface area (Å²) in [7, 11) is 0. The van der Waals surface area contributed by atoms with Crippen LogP contribution in [-0.4, -0.2) is 49.7 Å². The van der Waals surface area contributed by atoms with Crippen molar-refractivity contribution < 1.29 is 13.9 Å². The summed E-state index contributed by atoms with van der Waals surface area (Å²) in [6.07, 6.45) is 2.14. The number of nitrogens with zero attached hydrogens (tertiary/aromatic N) is 1. The topological polar surface area (TPSA) is 41.6 Å². The minimum atomic E-state index is -0.409.